The molecular formula is C10H15IOSi. The van der Waals surface area contributed by atoms with Crippen molar-refractivity contribution >= 4 is 38.0 Å². The average Bonchev–Trinajstić information content (AvgIpc) is 1.96. The van der Waals surface area contributed by atoms with Gasteiger partial charge in [0.2, 0.25) is 0 Å². The van der Waals surface area contributed by atoms with Crippen molar-refractivity contribution in [2.75, 3.05) is 0 Å². The van der Waals surface area contributed by atoms with Gasteiger partial charge in [-0.1, -0.05) is 17.3 Å². The average molecular weight is 306 g/mol. The van der Waals surface area contributed by atoms with E-state index in [9.17, 15) is 0 Å². The maximum atomic E-state index is 5.83. The molecular weight excluding hydrogens is 291 g/mol. The molecule has 3 heteroatoms. The first-order chi connectivity index (χ1) is 5.90. The van der Waals surface area contributed by atoms with Crippen LogP contribution in [0.25, 0.3) is 0 Å². The van der Waals surface area contributed by atoms with Gasteiger partial charge in [0.1, 0.15) is 11.4 Å². The van der Waals surface area contributed by atoms with Crippen molar-refractivity contribution in [3.8, 4) is 5.75 Å². The Balaban J connectivity index is 2.96. The molecule has 0 aliphatic carbocycles. The van der Waals surface area contributed by atoms with Crippen LogP contribution < -0.4 is 9.92 Å². The first kappa shape index (κ1) is 11.0. The number of ether oxygens (including phenoxy) is 1. The lowest BCUT2D eigenvalue weighted by atomic mass is 10.2. The summed E-state index contributed by atoms with van der Waals surface area (Å²) >= 11 is 2.35. The predicted molar refractivity (Wildman–Crippen MR) is 69.1 cm³/mol. The molecule has 13 heavy (non-hydrogen) atoms. The zero-order valence-corrected chi connectivity index (χ0v) is 12.7. The first-order valence-corrected chi connectivity index (χ1v) is 6.42. The summed E-state index contributed by atoms with van der Waals surface area (Å²) in [7, 11) is 1.08. The Morgan fingerprint density at radius 3 is 2.46 bits per heavy atom. The molecule has 1 aromatic rings. The van der Waals surface area contributed by atoms with Crippen LogP contribution in [0.5, 0.6) is 5.75 Å². The molecule has 1 nitrogen and oxygen atoms in total. The lowest BCUT2D eigenvalue weighted by molar-refractivity contribution is 0.130. The van der Waals surface area contributed by atoms with Gasteiger partial charge in [0.25, 0.3) is 0 Å². The van der Waals surface area contributed by atoms with Gasteiger partial charge >= 0.3 is 0 Å². The first-order valence-electron chi connectivity index (χ1n) is 4.34. The number of halogens is 1. The molecule has 0 saturated carbocycles. The highest BCUT2D eigenvalue weighted by Crippen LogP contribution is 2.22. The minimum Gasteiger partial charge on any atom is -0.487 e. The van der Waals surface area contributed by atoms with Crippen LogP contribution in [0.1, 0.15) is 20.8 Å². The molecule has 0 unspecified atom stereocenters. The van der Waals surface area contributed by atoms with Gasteiger partial charge in [0.05, 0.1) is 3.57 Å². The zero-order valence-electron chi connectivity index (χ0n) is 8.52. The van der Waals surface area contributed by atoms with Crippen LogP contribution in [-0.2, 0) is 0 Å². The maximum Gasteiger partial charge on any atom is 0.133 e. The summed E-state index contributed by atoms with van der Waals surface area (Å²) in [5.74, 6) is 1.01. The summed E-state index contributed by atoms with van der Waals surface area (Å²) in [6.07, 6.45) is 0. The summed E-state index contributed by atoms with van der Waals surface area (Å²) in [5, 5.41) is 1.40. The van der Waals surface area contributed by atoms with Gasteiger partial charge in [-0.15, -0.1) is 0 Å². The molecule has 0 aliphatic rings. The Morgan fingerprint density at radius 1 is 1.31 bits per heavy atom. The van der Waals surface area contributed by atoms with Crippen molar-refractivity contribution in [1.82, 2.24) is 0 Å². The quantitative estimate of drug-likeness (QED) is 0.564. The highest BCUT2D eigenvalue weighted by atomic mass is 127. The smallest absolute Gasteiger partial charge is 0.133 e. The standard InChI is InChI=1S/C10H15IOSi/c1-10(2,3)12-7-5-4-6-8(13)9(7)11/h4-6H,1-3,13H3. The minimum absolute atomic E-state index is 0.102. The van der Waals surface area contributed by atoms with Crippen LogP contribution in [-0.4, -0.2) is 15.8 Å². The molecule has 0 aromatic heterocycles. The lowest BCUT2D eigenvalue weighted by Crippen LogP contribution is -2.24. The van der Waals surface area contributed by atoms with E-state index in [1.54, 1.807) is 0 Å². The molecule has 0 aliphatic heterocycles. The fourth-order valence-corrected chi connectivity index (χ4v) is 1.94. The molecule has 0 radical (unpaired) electrons. The maximum absolute atomic E-state index is 5.83. The van der Waals surface area contributed by atoms with E-state index in [0.717, 1.165) is 16.0 Å². The minimum atomic E-state index is -0.102. The second-order valence-electron chi connectivity index (χ2n) is 4.10. The van der Waals surface area contributed by atoms with E-state index < -0.39 is 0 Å². The zero-order chi connectivity index (χ0) is 10.1. The SMILES string of the molecule is CC(C)(C)Oc1cccc([SiH3])c1I. The summed E-state index contributed by atoms with van der Waals surface area (Å²) in [4.78, 5) is 0. The summed E-state index contributed by atoms with van der Waals surface area (Å²) in [5.41, 5.74) is -0.102. The Bertz CT molecular complexity index is 304. The van der Waals surface area contributed by atoms with Gasteiger partial charge in [0, 0.05) is 10.2 Å². The van der Waals surface area contributed by atoms with Gasteiger partial charge in [-0.25, -0.2) is 0 Å². The molecule has 0 bridgehead atoms. The van der Waals surface area contributed by atoms with Crippen molar-refractivity contribution < 1.29 is 4.74 Å². The van der Waals surface area contributed by atoms with E-state index in [1.807, 2.05) is 6.07 Å². The van der Waals surface area contributed by atoms with Crippen molar-refractivity contribution in [2.45, 2.75) is 26.4 Å². The molecule has 0 heterocycles. The Kier molecular flexibility index (Phi) is 3.40. The summed E-state index contributed by atoms with van der Waals surface area (Å²) < 4.78 is 7.09. The topological polar surface area (TPSA) is 9.23 Å². The third kappa shape index (κ3) is 3.30. The summed E-state index contributed by atoms with van der Waals surface area (Å²) in [6, 6.07) is 6.25. The van der Waals surface area contributed by atoms with Crippen molar-refractivity contribution in [1.29, 1.82) is 0 Å². The van der Waals surface area contributed by atoms with E-state index in [4.69, 9.17) is 4.74 Å². The van der Waals surface area contributed by atoms with Crippen LogP contribution in [0.4, 0.5) is 0 Å². The summed E-state index contributed by atoms with van der Waals surface area (Å²) in [6.45, 7) is 6.22. The fraction of sp³-hybridized carbons (Fsp3) is 0.400. The molecule has 1 rings (SSSR count). The third-order valence-corrected chi connectivity index (χ3v) is 4.81. The highest BCUT2D eigenvalue weighted by molar-refractivity contribution is 14.1. The third-order valence-electron chi connectivity index (χ3n) is 1.57. The van der Waals surface area contributed by atoms with Gasteiger partial charge in [-0.05, 0) is 49.4 Å². The monoisotopic (exact) mass is 306 g/mol. The lowest BCUT2D eigenvalue weighted by Gasteiger charge is -2.22. The van der Waals surface area contributed by atoms with E-state index >= 15 is 0 Å². The molecule has 0 N–H and O–H groups in total. The largest absolute Gasteiger partial charge is 0.487 e. The molecule has 1 aromatic carbocycles. The molecule has 0 atom stereocenters. The molecule has 72 valence electrons. The van der Waals surface area contributed by atoms with Gasteiger partial charge in [-0.2, -0.15) is 0 Å². The van der Waals surface area contributed by atoms with Gasteiger partial charge < -0.3 is 4.74 Å². The Morgan fingerprint density at radius 2 is 1.92 bits per heavy atom. The number of rotatable bonds is 1. The van der Waals surface area contributed by atoms with Crippen LogP contribution in [0, 0.1) is 3.57 Å². The number of hydrogen-bond acceptors (Lipinski definition) is 1. The Hall–Kier alpha value is -0.0331. The molecule has 0 saturated heterocycles. The van der Waals surface area contributed by atoms with Crippen LogP contribution in [0.2, 0.25) is 0 Å². The second kappa shape index (κ2) is 4.00. The Labute approximate surface area is 96.4 Å². The van der Waals surface area contributed by atoms with E-state index in [1.165, 1.54) is 8.76 Å². The fourth-order valence-electron chi connectivity index (χ4n) is 1.03. The highest BCUT2D eigenvalue weighted by Gasteiger charge is 2.13. The van der Waals surface area contributed by atoms with Crippen LogP contribution in [0.3, 0.4) is 0 Å². The van der Waals surface area contributed by atoms with Gasteiger partial charge in [0.15, 0.2) is 0 Å². The molecule has 0 fully saturated rings. The number of hydrogen-bond donors (Lipinski definition) is 0. The molecule has 0 amide bonds. The van der Waals surface area contributed by atoms with E-state index in [0.29, 0.717) is 0 Å². The van der Waals surface area contributed by atoms with Crippen LogP contribution >= 0.6 is 22.6 Å². The second-order valence-corrected chi connectivity index (χ2v) is 6.26. The van der Waals surface area contributed by atoms with Gasteiger partial charge in [-0.3, -0.25) is 0 Å². The number of benzene rings is 1. The van der Waals surface area contributed by atoms with Crippen LogP contribution in [0.15, 0.2) is 18.2 Å². The molecule has 0 spiro atoms. The van der Waals surface area contributed by atoms with E-state index in [2.05, 4.69) is 55.5 Å². The van der Waals surface area contributed by atoms with E-state index in [-0.39, 0.29) is 5.60 Å². The normalized spacial score (nSPS) is 11.7. The van der Waals surface area contributed by atoms with Crippen molar-refractivity contribution in [3.05, 3.63) is 21.8 Å². The van der Waals surface area contributed by atoms with Crippen molar-refractivity contribution in [3.63, 3.8) is 0 Å². The predicted octanol–water partition coefficient (Wildman–Crippen LogP) is 1.46. The van der Waals surface area contributed by atoms with Crippen molar-refractivity contribution in [2.24, 2.45) is 0 Å².